The Morgan fingerprint density at radius 2 is 2.07 bits per heavy atom. The van der Waals surface area contributed by atoms with Crippen molar-refractivity contribution in [3.8, 4) is 5.75 Å². The Morgan fingerprint density at radius 3 is 2.73 bits per heavy atom. The van der Waals surface area contributed by atoms with Crippen molar-refractivity contribution >= 4 is 35.0 Å². The van der Waals surface area contributed by atoms with Crippen molar-refractivity contribution in [2.75, 3.05) is 12.4 Å². The number of benzene rings is 2. The molecule has 1 heterocycles. The number of amides is 1. The molecule has 1 atom stereocenters. The number of hydrogen-bond acceptors (Lipinski definition) is 5. The van der Waals surface area contributed by atoms with Gasteiger partial charge >= 0.3 is 5.69 Å². The molecule has 7 nitrogen and oxygen atoms in total. The van der Waals surface area contributed by atoms with Crippen LogP contribution in [0.4, 0.5) is 5.69 Å². The predicted octanol–water partition coefficient (Wildman–Crippen LogP) is 4.51. The van der Waals surface area contributed by atoms with E-state index in [1.54, 1.807) is 22.8 Å². The quantitative estimate of drug-likeness (QED) is 0.472. The molecule has 0 saturated heterocycles. The molecule has 0 aliphatic rings. The van der Waals surface area contributed by atoms with Gasteiger partial charge in [-0.1, -0.05) is 67.0 Å². The van der Waals surface area contributed by atoms with Gasteiger partial charge in [-0.2, -0.15) is 0 Å². The molecule has 30 heavy (non-hydrogen) atoms. The topological polar surface area (TPSA) is 89.0 Å². The van der Waals surface area contributed by atoms with Crippen LogP contribution in [0.15, 0.2) is 58.5 Å². The van der Waals surface area contributed by atoms with E-state index in [4.69, 9.17) is 16.3 Å². The highest BCUT2D eigenvalue weighted by Crippen LogP contribution is 2.35. The van der Waals surface area contributed by atoms with E-state index in [1.807, 2.05) is 30.3 Å². The number of hydrogen-bond donors (Lipinski definition) is 2. The normalized spacial score (nSPS) is 11.8. The van der Waals surface area contributed by atoms with Crippen LogP contribution in [-0.2, 0) is 11.3 Å². The Bertz CT molecular complexity index is 1050. The Kier molecular flexibility index (Phi) is 7.59. The first-order valence-corrected chi connectivity index (χ1v) is 10.8. The fourth-order valence-electron chi connectivity index (χ4n) is 2.86. The van der Waals surface area contributed by atoms with Crippen LogP contribution in [0.1, 0.15) is 30.6 Å². The summed E-state index contributed by atoms with van der Waals surface area (Å²) in [6.07, 6.45) is 1.79. The second-order valence-corrected chi connectivity index (χ2v) is 8.04. The number of carbonyl (C=O) groups excluding carboxylic acids is 1. The van der Waals surface area contributed by atoms with Crippen LogP contribution < -0.4 is 15.7 Å². The first kappa shape index (κ1) is 22.0. The van der Waals surface area contributed by atoms with Crippen molar-refractivity contribution in [2.24, 2.45) is 0 Å². The summed E-state index contributed by atoms with van der Waals surface area (Å²) in [5.74, 6) is 0.282. The summed E-state index contributed by atoms with van der Waals surface area (Å²) in [4.78, 5) is 25.3. The molecular weight excluding hydrogens is 424 g/mol. The molecule has 0 aliphatic carbocycles. The molecule has 0 saturated carbocycles. The molecule has 1 aromatic heterocycles. The van der Waals surface area contributed by atoms with Crippen LogP contribution in [0.2, 0.25) is 5.02 Å². The minimum Gasteiger partial charge on any atom is -0.495 e. The van der Waals surface area contributed by atoms with E-state index in [9.17, 15) is 9.59 Å². The van der Waals surface area contributed by atoms with E-state index >= 15 is 0 Å². The lowest BCUT2D eigenvalue weighted by Crippen LogP contribution is -2.21. The lowest BCUT2D eigenvalue weighted by atomic mass is 10.1. The molecule has 0 unspecified atom stereocenters. The highest BCUT2D eigenvalue weighted by molar-refractivity contribution is 8.00. The smallest absolute Gasteiger partial charge is 0.343 e. The van der Waals surface area contributed by atoms with Gasteiger partial charge in [-0.15, -0.1) is 5.10 Å². The molecule has 2 N–H and O–H groups in total. The summed E-state index contributed by atoms with van der Waals surface area (Å²) >= 11 is 7.41. The molecule has 1 amide bonds. The van der Waals surface area contributed by atoms with Gasteiger partial charge in [0.25, 0.3) is 0 Å². The SMILES string of the molecule is CCCCn1c(S[C@@H](C(=O)Nc2ccc(OC)c(Cl)c2)c2ccccc2)n[nH]c1=O. The van der Waals surface area contributed by atoms with Gasteiger partial charge in [0.1, 0.15) is 11.0 Å². The number of unbranched alkanes of at least 4 members (excludes halogenated alkanes) is 1. The number of halogens is 1. The van der Waals surface area contributed by atoms with Crippen molar-refractivity contribution in [3.05, 3.63) is 69.6 Å². The van der Waals surface area contributed by atoms with Gasteiger partial charge in [0.15, 0.2) is 5.16 Å². The number of thioether (sulfide) groups is 1. The summed E-state index contributed by atoms with van der Waals surface area (Å²) in [6, 6.07) is 14.4. The Hall–Kier alpha value is -2.71. The van der Waals surface area contributed by atoms with Crippen LogP contribution >= 0.6 is 23.4 Å². The van der Waals surface area contributed by atoms with Crippen LogP contribution in [0.3, 0.4) is 0 Å². The van der Waals surface area contributed by atoms with Crippen molar-refractivity contribution in [1.29, 1.82) is 0 Å². The summed E-state index contributed by atoms with van der Waals surface area (Å²) in [5, 5.41) is 9.78. The molecular formula is C21H23ClN4O3S. The number of H-pyrrole nitrogens is 1. The third kappa shape index (κ3) is 5.25. The van der Waals surface area contributed by atoms with Gasteiger partial charge in [0.05, 0.1) is 12.1 Å². The number of anilines is 1. The number of ether oxygens (including phenoxy) is 1. The minimum absolute atomic E-state index is 0.245. The van der Waals surface area contributed by atoms with Gasteiger partial charge in [0.2, 0.25) is 5.91 Å². The standard InChI is InChI=1S/C21H23ClN4O3S/c1-3-4-12-26-20(28)24-25-21(26)30-18(14-8-6-5-7-9-14)19(27)23-15-10-11-17(29-2)16(22)13-15/h5-11,13,18H,3-4,12H2,1-2H3,(H,23,27)(H,24,28)/t18-/m1/s1. The summed E-state index contributed by atoms with van der Waals surface area (Å²) in [5.41, 5.74) is 1.08. The first-order valence-electron chi connectivity index (χ1n) is 9.54. The maximum Gasteiger partial charge on any atom is 0.343 e. The maximum atomic E-state index is 13.2. The Balaban J connectivity index is 1.88. The van der Waals surface area contributed by atoms with Crippen molar-refractivity contribution in [1.82, 2.24) is 14.8 Å². The average Bonchev–Trinajstić information content (AvgIpc) is 3.10. The van der Waals surface area contributed by atoms with Crippen molar-refractivity contribution in [3.63, 3.8) is 0 Å². The number of methoxy groups -OCH3 is 1. The molecule has 3 rings (SSSR count). The molecule has 2 aromatic carbocycles. The van der Waals surface area contributed by atoms with E-state index in [1.165, 1.54) is 18.9 Å². The highest BCUT2D eigenvalue weighted by Gasteiger charge is 2.25. The molecule has 0 aliphatic heterocycles. The number of nitrogens with one attached hydrogen (secondary N) is 2. The van der Waals surface area contributed by atoms with Gasteiger partial charge < -0.3 is 10.1 Å². The van der Waals surface area contributed by atoms with Crippen LogP contribution in [-0.4, -0.2) is 27.8 Å². The number of rotatable bonds is 9. The molecule has 158 valence electrons. The zero-order chi connectivity index (χ0) is 21.5. The summed E-state index contributed by atoms with van der Waals surface area (Å²) in [6.45, 7) is 2.60. The zero-order valence-electron chi connectivity index (χ0n) is 16.7. The van der Waals surface area contributed by atoms with Gasteiger partial charge in [-0.05, 0) is 30.2 Å². The number of carbonyl (C=O) groups is 1. The first-order chi connectivity index (χ1) is 14.5. The second kappa shape index (κ2) is 10.4. The summed E-state index contributed by atoms with van der Waals surface area (Å²) in [7, 11) is 1.53. The van der Waals surface area contributed by atoms with Gasteiger partial charge in [0, 0.05) is 12.2 Å². The summed E-state index contributed by atoms with van der Waals surface area (Å²) < 4.78 is 6.73. The number of aromatic amines is 1. The van der Waals surface area contributed by atoms with Gasteiger partial charge in [-0.25, -0.2) is 9.89 Å². The molecule has 0 radical (unpaired) electrons. The van der Waals surface area contributed by atoms with E-state index in [0.29, 0.717) is 28.2 Å². The van der Waals surface area contributed by atoms with Crippen molar-refractivity contribution < 1.29 is 9.53 Å². The molecule has 0 spiro atoms. The minimum atomic E-state index is -0.609. The van der Waals surface area contributed by atoms with E-state index < -0.39 is 5.25 Å². The second-order valence-electron chi connectivity index (χ2n) is 6.56. The van der Waals surface area contributed by atoms with Crippen LogP contribution in [0, 0.1) is 0 Å². The Morgan fingerprint density at radius 1 is 1.30 bits per heavy atom. The van der Waals surface area contributed by atoms with Crippen molar-refractivity contribution in [2.45, 2.75) is 36.7 Å². The lowest BCUT2D eigenvalue weighted by Gasteiger charge is -2.17. The average molecular weight is 447 g/mol. The highest BCUT2D eigenvalue weighted by atomic mass is 35.5. The largest absolute Gasteiger partial charge is 0.495 e. The van der Waals surface area contributed by atoms with Crippen LogP contribution in [0.25, 0.3) is 0 Å². The molecule has 9 heteroatoms. The van der Waals surface area contributed by atoms with E-state index in [2.05, 4.69) is 22.4 Å². The fourth-order valence-corrected chi connectivity index (χ4v) is 4.19. The van der Waals surface area contributed by atoms with E-state index in [0.717, 1.165) is 18.4 Å². The maximum absolute atomic E-state index is 13.2. The lowest BCUT2D eigenvalue weighted by molar-refractivity contribution is -0.115. The molecule has 3 aromatic rings. The zero-order valence-corrected chi connectivity index (χ0v) is 18.3. The Labute approximate surface area is 183 Å². The molecule has 0 fully saturated rings. The third-order valence-corrected chi connectivity index (χ3v) is 5.98. The predicted molar refractivity (Wildman–Crippen MR) is 119 cm³/mol. The molecule has 0 bridgehead atoms. The monoisotopic (exact) mass is 446 g/mol. The van der Waals surface area contributed by atoms with Gasteiger partial charge in [-0.3, -0.25) is 9.36 Å². The fraction of sp³-hybridized carbons (Fsp3) is 0.286. The van der Waals surface area contributed by atoms with E-state index in [-0.39, 0.29) is 11.6 Å². The third-order valence-electron chi connectivity index (χ3n) is 4.44. The number of aromatic nitrogens is 3. The number of nitrogens with zero attached hydrogens (tertiary/aromatic N) is 2. The van der Waals surface area contributed by atoms with Crippen LogP contribution in [0.5, 0.6) is 5.75 Å².